The number of alkyl halides is 3. The van der Waals surface area contributed by atoms with Crippen molar-refractivity contribution in [2.75, 3.05) is 0 Å². The van der Waals surface area contributed by atoms with Crippen molar-refractivity contribution in [3.8, 4) is 22.6 Å². The molecule has 0 radical (unpaired) electrons. The Kier molecular flexibility index (Phi) is 3.61. The summed E-state index contributed by atoms with van der Waals surface area (Å²) in [5, 5.41) is 9.55. The highest BCUT2D eigenvalue weighted by Crippen LogP contribution is 2.33. The molecule has 0 unspecified atom stereocenters. The molecule has 0 fully saturated rings. The van der Waals surface area contributed by atoms with Crippen molar-refractivity contribution in [1.29, 1.82) is 0 Å². The molecule has 0 bridgehead atoms. The predicted molar refractivity (Wildman–Crippen MR) is 69.7 cm³/mol. The van der Waals surface area contributed by atoms with E-state index in [2.05, 4.69) is 4.74 Å². The van der Waals surface area contributed by atoms with E-state index in [1.165, 1.54) is 12.1 Å². The van der Waals surface area contributed by atoms with Crippen LogP contribution in [0.25, 0.3) is 11.1 Å². The molecule has 2 rings (SSSR count). The molecule has 0 aliphatic rings. The third-order valence-corrected chi connectivity index (χ3v) is 2.82. The van der Waals surface area contributed by atoms with Crippen LogP contribution < -0.4 is 4.74 Å². The second kappa shape index (κ2) is 5.07. The average molecular weight is 282 g/mol. The van der Waals surface area contributed by atoms with Gasteiger partial charge in [0.15, 0.2) is 0 Å². The van der Waals surface area contributed by atoms with E-state index in [0.29, 0.717) is 5.56 Å². The summed E-state index contributed by atoms with van der Waals surface area (Å²) in [5.74, 6) is -0.714. The fourth-order valence-electron chi connectivity index (χ4n) is 2.07. The second-order valence-electron chi connectivity index (χ2n) is 4.58. The fraction of sp³-hybridized carbons (Fsp3) is 0.200. The van der Waals surface area contributed by atoms with Gasteiger partial charge in [-0.2, -0.15) is 0 Å². The summed E-state index contributed by atoms with van der Waals surface area (Å²) in [6.07, 6.45) is -4.78. The molecule has 0 heterocycles. The van der Waals surface area contributed by atoms with Crippen LogP contribution in [-0.2, 0) is 0 Å². The van der Waals surface area contributed by atoms with Gasteiger partial charge < -0.3 is 9.84 Å². The lowest BCUT2D eigenvalue weighted by Gasteiger charge is -2.12. The molecular formula is C15H13F3O2. The highest BCUT2D eigenvalue weighted by Gasteiger charge is 2.31. The molecule has 1 N–H and O–H groups in total. The topological polar surface area (TPSA) is 29.5 Å². The monoisotopic (exact) mass is 282 g/mol. The van der Waals surface area contributed by atoms with Crippen LogP contribution in [0.3, 0.4) is 0 Å². The molecule has 0 spiro atoms. The van der Waals surface area contributed by atoms with Crippen LogP contribution in [0.5, 0.6) is 11.5 Å². The van der Waals surface area contributed by atoms with Crippen LogP contribution in [0.1, 0.15) is 11.1 Å². The SMILES string of the molecule is Cc1ccc(-c2cc(O)cc(OC(F)(F)F)c2)c(C)c1. The van der Waals surface area contributed by atoms with E-state index in [1.54, 1.807) is 6.07 Å². The van der Waals surface area contributed by atoms with Crippen molar-refractivity contribution < 1.29 is 23.0 Å². The number of hydrogen-bond donors (Lipinski definition) is 1. The minimum absolute atomic E-state index is 0.276. The van der Waals surface area contributed by atoms with Gasteiger partial charge in [-0.1, -0.05) is 23.8 Å². The Balaban J connectivity index is 2.46. The number of benzene rings is 2. The minimum Gasteiger partial charge on any atom is -0.508 e. The first kappa shape index (κ1) is 14.2. The summed E-state index contributed by atoms with van der Waals surface area (Å²) in [4.78, 5) is 0. The Morgan fingerprint density at radius 1 is 1.00 bits per heavy atom. The van der Waals surface area contributed by atoms with Gasteiger partial charge in [-0.05, 0) is 42.7 Å². The Morgan fingerprint density at radius 2 is 1.70 bits per heavy atom. The Bertz CT molecular complexity index is 634. The summed E-state index contributed by atoms with van der Waals surface area (Å²) in [6.45, 7) is 3.79. The maximum atomic E-state index is 12.2. The summed E-state index contributed by atoms with van der Waals surface area (Å²) in [6, 6.07) is 9.17. The van der Waals surface area contributed by atoms with E-state index in [0.717, 1.165) is 22.8 Å². The maximum Gasteiger partial charge on any atom is 0.573 e. The quantitative estimate of drug-likeness (QED) is 0.874. The Morgan fingerprint density at radius 3 is 2.30 bits per heavy atom. The van der Waals surface area contributed by atoms with Crippen molar-refractivity contribution in [2.24, 2.45) is 0 Å². The Labute approximate surface area is 114 Å². The second-order valence-corrected chi connectivity index (χ2v) is 4.58. The molecular weight excluding hydrogens is 269 g/mol. The van der Waals surface area contributed by atoms with E-state index >= 15 is 0 Å². The van der Waals surface area contributed by atoms with Gasteiger partial charge in [-0.25, -0.2) is 0 Å². The van der Waals surface area contributed by atoms with Gasteiger partial charge in [-0.15, -0.1) is 13.2 Å². The van der Waals surface area contributed by atoms with E-state index in [-0.39, 0.29) is 5.75 Å². The van der Waals surface area contributed by atoms with E-state index < -0.39 is 12.1 Å². The van der Waals surface area contributed by atoms with Gasteiger partial charge in [-0.3, -0.25) is 0 Å². The zero-order valence-electron chi connectivity index (χ0n) is 11.0. The van der Waals surface area contributed by atoms with Crippen molar-refractivity contribution in [3.05, 3.63) is 47.5 Å². The van der Waals surface area contributed by atoms with Crippen molar-refractivity contribution in [3.63, 3.8) is 0 Å². The van der Waals surface area contributed by atoms with Crippen LogP contribution in [0.15, 0.2) is 36.4 Å². The molecule has 5 heteroatoms. The van der Waals surface area contributed by atoms with Crippen LogP contribution in [-0.4, -0.2) is 11.5 Å². The number of aromatic hydroxyl groups is 1. The zero-order chi connectivity index (χ0) is 14.9. The Hall–Kier alpha value is -2.17. The number of rotatable bonds is 2. The number of hydrogen-bond acceptors (Lipinski definition) is 2. The first-order valence-corrected chi connectivity index (χ1v) is 5.92. The molecule has 0 amide bonds. The number of halogens is 3. The van der Waals surface area contributed by atoms with Crippen LogP contribution >= 0.6 is 0 Å². The predicted octanol–water partition coefficient (Wildman–Crippen LogP) is 4.57. The molecule has 2 aromatic rings. The first-order valence-electron chi connectivity index (χ1n) is 5.92. The van der Waals surface area contributed by atoms with Crippen LogP contribution in [0.2, 0.25) is 0 Å². The number of ether oxygens (including phenoxy) is 1. The highest BCUT2D eigenvalue weighted by atomic mass is 19.4. The minimum atomic E-state index is -4.78. The van der Waals surface area contributed by atoms with Crippen LogP contribution in [0.4, 0.5) is 13.2 Å². The standard InChI is InChI=1S/C15H13F3O2/c1-9-3-4-14(10(2)5-9)11-6-12(19)8-13(7-11)20-15(16,17)18/h3-8,19H,1-2H3. The third-order valence-electron chi connectivity index (χ3n) is 2.82. The summed E-state index contributed by atoms with van der Waals surface area (Å²) >= 11 is 0. The van der Waals surface area contributed by atoms with E-state index in [4.69, 9.17) is 0 Å². The molecule has 2 nitrogen and oxygen atoms in total. The molecule has 20 heavy (non-hydrogen) atoms. The highest BCUT2D eigenvalue weighted by molar-refractivity contribution is 5.70. The summed E-state index contributed by atoms with van der Waals surface area (Å²) < 4.78 is 40.6. The smallest absolute Gasteiger partial charge is 0.508 e. The fourth-order valence-corrected chi connectivity index (χ4v) is 2.07. The van der Waals surface area contributed by atoms with Crippen molar-refractivity contribution >= 4 is 0 Å². The molecule has 0 atom stereocenters. The summed E-state index contributed by atoms with van der Waals surface area (Å²) in [7, 11) is 0. The maximum absolute atomic E-state index is 12.2. The van der Waals surface area contributed by atoms with Crippen molar-refractivity contribution in [2.45, 2.75) is 20.2 Å². The van der Waals surface area contributed by atoms with E-state index in [1.807, 2.05) is 26.0 Å². The van der Waals surface area contributed by atoms with Gasteiger partial charge in [0.1, 0.15) is 11.5 Å². The van der Waals surface area contributed by atoms with Crippen LogP contribution in [0, 0.1) is 13.8 Å². The van der Waals surface area contributed by atoms with Gasteiger partial charge in [0, 0.05) is 6.07 Å². The lowest BCUT2D eigenvalue weighted by Crippen LogP contribution is -2.17. The molecule has 2 aromatic carbocycles. The summed E-state index contributed by atoms with van der Waals surface area (Å²) in [5.41, 5.74) is 3.19. The lowest BCUT2D eigenvalue weighted by atomic mass is 9.98. The molecule has 0 saturated heterocycles. The largest absolute Gasteiger partial charge is 0.573 e. The van der Waals surface area contributed by atoms with Gasteiger partial charge in [0.25, 0.3) is 0 Å². The number of phenolic OH excluding ortho intramolecular Hbond substituents is 1. The average Bonchev–Trinajstić information content (AvgIpc) is 2.25. The third kappa shape index (κ3) is 3.44. The lowest BCUT2D eigenvalue weighted by molar-refractivity contribution is -0.274. The molecule has 0 aliphatic carbocycles. The first-order chi connectivity index (χ1) is 9.24. The van der Waals surface area contributed by atoms with Gasteiger partial charge >= 0.3 is 6.36 Å². The number of aryl methyl sites for hydroxylation is 2. The van der Waals surface area contributed by atoms with Crippen molar-refractivity contribution in [1.82, 2.24) is 0 Å². The van der Waals surface area contributed by atoms with Gasteiger partial charge in [0.05, 0.1) is 0 Å². The number of phenols is 1. The molecule has 0 saturated carbocycles. The molecule has 106 valence electrons. The molecule has 0 aromatic heterocycles. The zero-order valence-corrected chi connectivity index (χ0v) is 11.0. The van der Waals surface area contributed by atoms with Gasteiger partial charge in [0.2, 0.25) is 0 Å². The normalized spacial score (nSPS) is 11.4. The van der Waals surface area contributed by atoms with E-state index in [9.17, 15) is 18.3 Å². The molecule has 0 aliphatic heterocycles.